The average molecular weight is 614 g/mol. The van der Waals surface area contributed by atoms with Crippen molar-refractivity contribution in [1.82, 2.24) is 9.80 Å². The molecule has 1 amide bonds. The number of rotatable bonds is 10. The van der Waals surface area contributed by atoms with Crippen molar-refractivity contribution in [3.05, 3.63) is 89.2 Å². The maximum Gasteiger partial charge on any atom is 0.335 e. The van der Waals surface area contributed by atoms with Crippen LogP contribution >= 0.6 is 0 Å². The normalized spacial score (nSPS) is 18.2. The molecule has 4 rings (SSSR count). The zero-order chi connectivity index (χ0) is 31.3. The summed E-state index contributed by atoms with van der Waals surface area (Å²) in [6.07, 6.45) is -0.458. The van der Waals surface area contributed by atoms with Crippen LogP contribution < -0.4 is 9.46 Å². The molecule has 0 radical (unpaired) electrons. The first-order chi connectivity index (χ1) is 20.4. The van der Waals surface area contributed by atoms with E-state index in [-0.39, 0.29) is 47.1 Å². The third-order valence-corrected chi connectivity index (χ3v) is 8.83. The number of aliphatic hydroxyl groups excluding tert-OH is 1. The van der Waals surface area contributed by atoms with Crippen LogP contribution in [0, 0.1) is 11.7 Å². The van der Waals surface area contributed by atoms with Crippen LogP contribution in [0.15, 0.2) is 71.6 Å². The van der Waals surface area contributed by atoms with Crippen LogP contribution in [0.1, 0.15) is 35.3 Å². The van der Waals surface area contributed by atoms with Crippen molar-refractivity contribution in [2.24, 2.45) is 5.92 Å². The summed E-state index contributed by atoms with van der Waals surface area (Å²) < 4.78 is 48.2. The number of anilines is 1. The molecule has 0 saturated carbocycles. The molecule has 0 bridgehead atoms. The highest BCUT2D eigenvalue weighted by atomic mass is 32.2. The van der Waals surface area contributed by atoms with Gasteiger partial charge in [0.2, 0.25) is 5.91 Å². The van der Waals surface area contributed by atoms with Crippen molar-refractivity contribution < 1.29 is 37.3 Å². The number of halogens is 1. The van der Waals surface area contributed by atoms with E-state index in [0.717, 1.165) is 17.7 Å². The lowest BCUT2D eigenvalue weighted by Crippen LogP contribution is -2.47. The molecule has 3 aromatic rings. The number of likely N-dealkylation sites (N-methyl/N-ethyl adjacent to an activating group) is 1. The van der Waals surface area contributed by atoms with Crippen molar-refractivity contribution in [2.75, 3.05) is 31.5 Å². The second-order valence-electron chi connectivity index (χ2n) is 11.0. The van der Waals surface area contributed by atoms with E-state index in [1.807, 2.05) is 18.9 Å². The zero-order valence-corrected chi connectivity index (χ0v) is 25.1. The summed E-state index contributed by atoms with van der Waals surface area (Å²) in [5.74, 6) is -1.48. The summed E-state index contributed by atoms with van der Waals surface area (Å²) in [6, 6.07) is 15.4. The fourth-order valence-corrected chi connectivity index (χ4v) is 6.02. The number of hydrogen-bond acceptors (Lipinski definition) is 7. The van der Waals surface area contributed by atoms with Crippen molar-refractivity contribution in [3.8, 4) is 5.75 Å². The fourth-order valence-electron chi connectivity index (χ4n) is 4.97. The molecule has 0 unspecified atom stereocenters. The van der Waals surface area contributed by atoms with Crippen molar-refractivity contribution in [3.63, 3.8) is 0 Å². The number of aliphatic hydroxyl groups is 1. The molecule has 1 aliphatic heterocycles. The summed E-state index contributed by atoms with van der Waals surface area (Å²) in [6.45, 7) is 4.85. The molecule has 10 nitrogen and oxygen atoms in total. The molecular weight excluding hydrogens is 577 g/mol. The predicted molar refractivity (Wildman–Crippen MR) is 159 cm³/mol. The monoisotopic (exact) mass is 613 g/mol. The molecule has 0 spiro atoms. The number of carboxylic acid groups (broad SMARTS) is 1. The van der Waals surface area contributed by atoms with Gasteiger partial charge < -0.3 is 19.8 Å². The number of hydrogen-bond donors (Lipinski definition) is 3. The Balaban J connectivity index is 1.60. The highest BCUT2D eigenvalue weighted by Crippen LogP contribution is 2.30. The summed E-state index contributed by atoms with van der Waals surface area (Å²) in [5.41, 5.74) is 1.82. The number of fused-ring (bicyclic) bond motifs is 1. The van der Waals surface area contributed by atoms with Crippen LogP contribution in [0.4, 0.5) is 10.1 Å². The number of carbonyl (C=O) groups is 2. The summed E-state index contributed by atoms with van der Waals surface area (Å²) in [4.78, 5) is 28.2. The fraction of sp³-hybridized carbons (Fsp3) is 0.355. The predicted octanol–water partition coefficient (Wildman–Crippen LogP) is 3.61. The highest BCUT2D eigenvalue weighted by molar-refractivity contribution is 7.92. The zero-order valence-electron chi connectivity index (χ0n) is 24.2. The molecule has 0 fully saturated rings. The molecule has 12 heteroatoms. The van der Waals surface area contributed by atoms with E-state index < -0.39 is 27.9 Å². The van der Waals surface area contributed by atoms with E-state index in [4.69, 9.17) is 9.84 Å². The van der Waals surface area contributed by atoms with Crippen LogP contribution in [0.2, 0.25) is 0 Å². The van der Waals surface area contributed by atoms with Crippen LogP contribution in [-0.4, -0.2) is 79.2 Å². The van der Waals surface area contributed by atoms with E-state index in [2.05, 4.69) is 4.72 Å². The van der Waals surface area contributed by atoms with Gasteiger partial charge in [0.1, 0.15) is 17.7 Å². The van der Waals surface area contributed by atoms with Gasteiger partial charge in [0.15, 0.2) is 0 Å². The second-order valence-corrected chi connectivity index (χ2v) is 12.7. The molecule has 230 valence electrons. The van der Waals surface area contributed by atoms with Crippen LogP contribution in [-0.2, 0) is 27.8 Å². The van der Waals surface area contributed by atoms with Gasteiger partial charge in [-0.25, -0.2) is 17.6 Å². The number of carbonyl (C=O) groups excluding carboxylic acids is 1. The minimum absolute atomic E-state index is 0.0724. The topological polar surface area (TPSA) is 136 Å². The van der Waals surface area contributed by atoms with Gasteiger partial charge >= 0.3 is 5.97 Å². The van der Waals surface area contributed by atoms with E-state index in [9.17, 15) is 27.5 Å². The Morgan fingerprint density at radius 2 is 1.81 bits per heavy atom. The van der Waals surface area contributed by atoms with Gasteiger partial charge in [-0.1, -0.05) is 19.1 Å². The quantitative estimate of drug-likeness (QED) is 0.316. The third kappa shape index (κ3) is 8.09. The smallest absolute Gasteiger partial charge is 0.335 e. The van der Waals surface area contributed by atoms with Gasteiger partial charge in [-0.05, 0) is 74.1 Å². The number of carboxylic acids is 1. The van der Waals surface area contributed by atoms with Crippen molar-refractivity contribution in [2.45, 2.75) is 43.9 Å². The Morgan fingerprint density at radius 1 is 1.14 bits per heavy atom. The van der Waals surface area contributed by atoms with E-state index in [1.165, 1.54) is 12.1 Å². The van der Waals surface area contributed by atoms with Crippen LogP contribution in [0.25, 0.3) is 0 Å². The number of nitrogens with zero attached hydrogens (tertiary/aromatic N) is 2. The molecular formula is C31H36FN3O7S. The molecule has 1 aliphatic rings. The average Bonchev–Trinajstić information content (AvgIpc) is 3.00. The van der Waals surface area contributed by atoms with Crippen LogP contribution in [0.5, 0.6) is 5.75 Å². The first kappa shape index (κ1) is 31.9. The minimum atomic E-state index is -4.02. The molecule has 3 atom stereocenters. The van der Waals surface area contributed by atoms with Crippen LogP contribution in [0.3, 0.4) is 0 Å². The first-order valence-electron chi connectivity index (χ1n) is 13.9. The lowest BCUT2D eigenvalue weighted by atomic mass is 10.0. The summed E-state index contributed by atoms with van der Waals surface area (Å²) >= 11 is 0. The van der Waals surface area contributed by atoms with E-state index in [0.29, 0.717) is 30.9 Å². The van der Waals surface area contributed by atoms with Gasteiger partial charge in [0.25, 0.3) is 10.0 Å². The number of benzene rings is 3. The highest BCUT2D eigenvalue weighted by Gasteiger charge is 2.31. The van der Waals surface area contributed by atoms with Crippen molar-refractivity contribution in [1.29, 1.82) is 0 Å². The maximum absolute atomic E-state index is 13.5. The summed E-state index contributed by atoms with van der Waals surface area (Å²) in [5, 5.41) is 19.0. The largest absolute Gasteiger partial charge is 0.488 e. The molecule has 0 aromatic heterocycles. The Bertz CT molecular complexity index is 1550. The lowest BCUT2D eigenvalue weighted by Gasteiger charge is -2.34. The minimum Gasteiger partial charge on any atom is -0.488 e. The molecule has 0 saturated heterocycles. The lowest BCUT2D eigenvalue weighted by molar-refractivity contribution is -0.134. The molecule has 43 heavy (non-hydrogen) atoms. The van der Waals surface area contributed by atoms with Gasteiger partial charge in [0, 0.05) is 36.8 Å². The third-order valence-electron chi connectivity index (χ3n) is 7.44. The van der Waals surface area contributed by atoms with E-state index in [1.54, 1.807) is 54.3 Å². The Labute approximate surface area is 250 Å². The molecule has 0 aliphatic carbocycles. The SMILES string of the molecule is C[C@H]1CN([C@@H](C)CO)C(=O)Cc2cc(NS(=O)(=O)c3ccc(F)cc3)ccc2O[C@H]1CN(C)Cc1ccc(C(=O)O)cc1. The number of amides is 1. The van der Waals surface area contributed by atoms with Gasteiger partial charge in [-0.3, -0.25) is 14.4 Å². The number of nitrogens with one attached hydrogen (secondary N) is 1. The number of sulfonamides is 1. The Hall–Kier alpha value is -4.00. The van der Waals surface area contributed by atoms with Gasteiger partial charge in [-0.2, -0.15) is 0 Å². The Kier molecular flexibility index (Phi) is 10.0. The second kappa shape index (κ2) is 13.5. The van der Waals surface area contributed by atoms with Gasteiger partial charge in [-0.15, -0.1) is 0 Å². The van der Waals surface area contributed by atoms with Crippen molar-refractivity contribution >= 4 is 27.6 Å². The Morgan fingerprint density at radius 3 is 2.44 bits per heavy atom. The summed E-state index contributed by atoms with van der Waals surface area (Å²) in [7, 11) is -2.10. The first-order valence-corrected chi connectivity index (χ1v) is 15.3. The molecule has 1 heterocycles. The molecule has 3 aromatic carbocycles. The maximum atomic E-state index is 13.5. The standard InChI is InChI=1S/C31H36FN3O7S/c1-20-16-35(21(2)19-36)30(37)15-24-14-26(33-43(40,41)27-11-8-25(32)9-12-27)10-13-28(24)42-29(20)18-34(3)17-22-4-6-23(7-5-22)31(38)39/h4-14,20-21,29,33,36H,15-19H2,1-3H3,(H,38,39)/t20-,21-,29-/m0/s1. The van der Waals surface area contributed by atoms with E-state index >= 15 is 0 Å². The number of aromatic carboxylic acids is 1. The molecule has 3 N–H and O–H groups in total. The number of ether oxygens (including phenoxy) is 1. The van der Waals surface area contributed by atoms with Gasteiger partial charge in [0.05, 0.1) is 29.5 Å².